The summed E-state index contributed by atoms with van der Waals surface area (Å²) in [6, 6.07) is 5.72. The number of aromatic nitrogens is 1. The third-order valence-corrected chi connectivity index (χ3v) is 3.62. The number of nitrogens with one attached hydrogen (secondary N) is 1. The Bertz CT molecular complexity index is 543. The summed E-state index contributed by atoms with van der Waals surface area (Å²) in [5.74, 6) is 0. The Hall–Kier alpha value is -1.03. The van der Waals surface area contributed by atoms with Crippen LogP contribution in [0.4, 0.5) is 0 Å². The lowest BCUT2D eigenvalue weighted by Gasteiger charge is -2.42. The van der Waals surface area contributed by atoms with E-state index in [1.54, 1.807) is 0 Å². The Morgan fingerprint density at radius 1 is 1.44 bits per heavy atom. The second-order valence-corrected chi connectivity index (χ2v) is 5.05. The number of hydrogen-bond donors (Lipinski definition) is 3. The van der Waals surface area contributed by atoms with E-state index in [0.717, 1.165) is 16.5 Å². The molecule has 1 saturated carbocycles. The molecule has 0 unspecified atom stereocenters. The monoisotopic (exact) mass is 236 g/mol. The average molecular weight is 237 g/mol. The lowest BCUT2D eigenvalue weighted by atomic mass is 9.70. The van der Waals surface area contributed by atoms with Crippen molar-refractivity contribution in [2.45, 2.75) is 24.5 Å². The Balaban J connectivity index is 2.11. The van der Waals surface area contributed by atoms with Gasteiger partial charge in [0.15, 0.2) is 0 Å². The van der Waals surface area contributed by atoms with Gasteiger partial charge in [-0.2, -0.15) is 0 Å². The van der Waals surface area contributed by atoms with Crippen molar-refractivity contribution < 1.29 is 5.11 Å². The predicted molar refractivity (Wildman–Crippen MR) is 64.4 cm³/mol. The van der Waals surface area contributed by atoms with Gasteiger partial charge < -0.3 is 15.8 Å². The fourth-order valence-corrected chi connectivity index (χ4v) is 2.68. The van der Waals surface area contributed by atoms with Crippen molar-refractivity contribution >= 4 is 22.5 Å². The fourth-order valence-electron chi connectivity index (χ4n) is 2.51. The van der Waals surface area contributed by atoms with Gasteiger partial charge in [-0.15, -0.1) is 0 Å². The molecular formula is C12H13ClN2O. The highest BCUT2D eigenvalue weighted by atomic mass is 35.5. The number of hydrogen-bond acceptors (Lipinski definition) is 2. The molecular weight excluding hydrogens is 224 g/mol. The van der Waals surface area contributed by atoms with Crippen LogP contribution in [0.3, 0.4) is 0 Å². The largest absolute Gasteiger partial charge is 0.393 e. The summed E-state index contributed by atoms with van der Waals surface area (Å²) in [5, 5.41) is 11.2. The van der Waals surface area contributed by atoms with E-state index in [4.69, 9.17) is 17.3 Å². The summed E-state index contributed by atoms with van der Waals surface area (Å²) in [7, 11) is 0. The zero-order valence-corrected chi connectivity index (χ0v) is 9.46. The molecule has 1 aliphatic carbocycles. The molecule has 0 amide bonds. The minimum atomic E-state index is -0.383. The maximum Gasteiger partial charge on any atom is 0.0582 e. The molecule has 0 bridgehead atoms. The van der Waals surface area contributed by atoms with Gasteiger partial charge in [0.25, 0.3) is 0 Å². The van der Waals surface area contributed by atoms with E-state index in [0.29, 0.717) is 17.9 Å². The Labute approximate surface area is 98.2 Å². The predicted octanol–water partition coefficient (Wildman–Crippen LogP) is 2.13. The van der Waals surface area contributed by atoms with E-state index in [1.165, 1.54) is 0 Å². The Morgan fingerprint density at radius 3 is 2.88 bits per heavy atom. The van der Waals surface area contributed by atoms with Crippen LogP contribution in [0.1, 0.15) is 18.4 Å². The number of rotatable bonds is 1. The van der Waals surface area contributed by atoms with Crippen molar-refractivity contribution in [1.29, 1.82) is 0 Å². The number of halogens is 1. The summed E-state index contributed by atoms with van der Waals surface area (Å²) in [4.78, 5) is 3.17. The quantitative estimate of drug-likeness (QED) is 0.710. The van der Waals surface area contributed by atoms with E-state index in [-0.39, 0.29) is 11.6 Å². The van der Waals surface area contributed by atoms with Gasteiger partial charge >= 0.3 is 0 Å². The van der Waals surface area contributed by atoms with Crippen molar-refractivity contribution in [2.75, 3.05) is 0 Å². The first-order valence-electron chi connectivity index (χ1n) is 5.32. The van der Waals surface area contributed by atoms with Crippen molar-refractivity contribution in [3.63, 3.8) is 0 Å². The van der Waals surface area contributed by atoms with Crippen LogP contribution in [0.5, 0.6) is 0 Å². The number of aliphatic hydroxyl groups is 1. The number of nitrogens with two attached hydrogens (primary N) is 1. The molecule has 1 heterocycles. The van der Waals surface area contributed by atoms with Gasteiger partial charge in [0.2, 0.25) is 0 Å². The van der Waals surface area contributed by atoms with Crippen molar-refractivity contribution in [2.24, 2.45) is 5.73 Å². The summed E-state index contributed by atoms with van der Waals surface area (Å²) in [5.41, 5.74) is 7.93. The second kappa shape index (κ2) is 3.23. The minimum Gasteiger partial charge on any atom is -0.393 e. The molecule has 4 heteroatoms. The number of fused-ring (bicyclic) bond motifs is 1. The average Bonchev–Trinajstić information content (AvgIpc) is 2.58. The third-order valence-electron chi connectivity index (χ3n) is 3.38. The van der Waals surface area contributed by atoms with Crippen molar-refractivity contribution in [1.82, 2.24) is 4.98 Å². The number of aromatic amines is 1. The van der Waals surface area contributed by atoms with E-state index in [2.05, 4.69) is 4.98 Å². The maximum absolute atomic E-state index is 9.39. The smallest absolute Gasteiger partial charge is 0.0582 e. The molecule has 0 aliphatic heterocycles. The first-order chi connectivity index (χ1) is 7.58. The molecule has 0 saturated heterocycles. The highest BCUT2D eigenvalue weighted by molar-refractivity contribution is 6.31. The van der Waals surface area contributed by atoms with Gasteiger partial charge in [-0.25, -0.2) is 0 Å². The van der Waals surface area contributed by atoms with Crippen LogP contribution < -0.4 is 5.73 Å². The number of H-pyrrole nitrogens is 1. The molecule has 1 fully saturated rings. The minimum absolute atomic E-state index is 0.262. The fraction of sp³-hybridized carbons (Fsp3) is 0.333. The van der Waals surface area contributed by atoms with Gasteiger partial charge in [-0.1, -0.05) is 17.7 Å². The summed E-state index contributed by atoms with van der Waals surface area (Å²) in [6.45, 7) is 0. The SMILES string of the molecule is NC1(c2c[nH]c3cc(Cl)ccc23)CC(O)C1. The van der Waals surface area contributed by atoms with Crippen LogP contribution in [0.2, 0.25) is 5.02 Å². The molecule has 2 aromatic rings. The van der Waals surface area contributed by atoms with Crippen molar-refractivity contribution in [3.8, 4) is 0 Å². The highest BCUT2D eigenvalue weighted by Gasteiger charge is 2.42. The van der Waals surface area contributed by atoms with Crippen LogP contribution in [0.25, 0.3) is 10.9 Å². The van der Waals surface area contributed by atoms with Crippen molar-refractivity contribution in [3.05, 3.63) is 35.0 Å². The van der Waals surface area contributed by atoms with Gasteiger partial charge in [-0.3, -0.25) is 0 Å². The molecule has 0 radical (unpaired) electrons. The molecule has 0 spiro atoms. The molecule has 0 atom stereocenters. The lowest BCUT2D eigenvalue weighted by Crippen LogP contribution is -2.51. The third kappa shape index (κ3) is 1.36. The zero-order chi connectivity index (χ0) is 11.3. The molecule has 1 aromatic carbocycles. The molecule has 3 nitrogen and oxygen atoms in total. The Morgan fingerprint density at radius 2 is 2.19 bits per heavy atom. The van der Waals surface area contributed by atoms with Gasteiger partial charge in [-0.05, 0) is 30.5 Å². The van der Waals surface area contributed by atoms with E-state index in [9.17, 15) is 5.11 Å². The first-order valence-corrected chi connectivity index (χ1v) is 5.70. The van der Waals surface area contributed by atoms with Gasteiger partial charge in [0.1, 0.15) is 0 Å². The standard InChI is InChI=1S/C12H13ClN2O/c13-7-1-2-9-10(6-15-11(9)3-7)12(14)4-8(16)5-12/h1-3,6,8,15-16H,4-5,14H2. The summed E-state index contributed by atoms with van der Waals surface area (Å²) in [6.07, 6.45) is 2.92. The lowest BCUT2D eigenvalue weighted by molar-refractivity contribution is 0.0217. The van der Waals surface area contributed by atoms with Crippen LogP contribution in [-0.2, 0) is 5.54 Å². The maximum atomic E-state index is 9.39. The van der Waals surface area contributed by atoms with E-state index in [1.807, 2.05) is 24.4 Å². The van der Waals surface area contributed by atoms with E-state index < -0.39 is 0 Å². The number of benzene rings is 1. The van der Waals surface area contributed by atoms with Crippen LogP contribution in [-0.4, -0.2) is 16.2 Å². The first kappa shape index (κ1) is 10.1. The molecule has 3 rings (SSSR count). The topological polar surface area (TPSA) is 62.0 Å². The molecule has 16 heavy (non-hydrogen) atoms. The second-order valence-electron chi connectivity index (χ2n) is 4.61. The zero-order valence-electron chi connectivity index (χ0n) is 8.70. The van der Waals surface area contributed by atoms with Gasteiger partial charge in [0, 0.05) is 27.7 Å². The molecule has 1 aliphatic rings. The normalized spacial score (nSPS) is 29.3. The Kier molecular flexibility index (Phi) is 2.05. The van der Waals surface area contributed by atoms with Crippen LogP contribution in [0, 0.1) is 0 Å². The number of aliphatic hydroxyl groups excluding tert-OH is 1. The highest BCUT2D eigenvalue weighted by Crippen LogP contribution is 2.42. The summed E-state index contributed by atoms with van der Waals surface area (Å²) < 4.78 is 0. The van der Waals surface area contributed by atoms with Crippen LogP contribution >= 0.6 is 11.6 Å². The van der Waals surface area contributed by atoms with E-state index >= 15 is 0 Å². The molecule has 1 aromatic heterocycles. The van der Waals surface area contributed by atoms with Gasteiger partial charge in [0.05, 0.1) is 6.10 Å². The molecule has 84 valence electrons. The molecule has 4 N–H and O–H groups in total. The van der Waals surface area contributed by atoms with Crippen LogP contribution in [0.15, 0.2) is 24.4 Å². The summed E-state index contributed by atoms with van der Waals surface area (Å²) >= 11 is 5.92.